The Hall–Kier alpha value is 0.629. The van der Waals surface area contributed by atoms with E-state index in [0.717, 1.165) is 0 Å². The maximum Gasteiger partial charge on any atom is 0.325 e. The maximum atomic E-state index is 10.3. The molecule has 6 heteroatoms. The first-order valence-electron chi connectivity index (χ1n) is 3.03. The second-order valence-corrected chi connectivity index (χ2v) is 4.00. The molecule has 11 heavy (non-hydrogen) atoms. The van der Waals surface area contributed by atoms with Gasteiger partial charge in [-0.1, -0.05) is 0 Å². The van der Waals surface area contributed by atoms with Crippen molar-refractivity contribution >= 4 is 7.60 Å². The molecule has 1 atom stereocenters. The normalized spacial score (nSPS) is 13.8. The van der Waals surface area contributed by atoms with Gasteiger partial charge < -0.3 is 14.5 Å². The van der Waals surface area contributed by atoms with Crippen molar-refractivity contribution in [2.45, 2.75) is 19.4 Å². The van der Waals surface area contributed by atoms with Gasteiger partial charge in [-0.2, -0.15) is 0 Å². The van der Waals surface area contributed by atoms with Gasteiger partial charge in [0, 0.05) is 24.2 Å². The zero-order valence-electron chi connectivity index (χ0n) is 6.45. The van der Waals surface area contributed by atoms with E-state index in [1.165, 1.54) is 7.11 Å². The number of ether oxygens (including phenoxy) is 1. The van der Waals surface area contributed by atoms with Crippen molar-refractivity contribution in [1.29, 1.82) is 0 Å². The smallest absolute Gasteiger partial charge is 0.325 e. The molecule has 0 aromatic carbocycles. The van der Waals surface area contributed by atoms with Gasteiger partial charge in [0.2, 0.25) is 0 Å². The van der Waals surface area contributed by atoms with E-state index in [2.05, 4.69) is 0 Å². The molecule has 2 N–H and O–H groups in total. The van der Waals surface area contributed by atoms with Crippen LogP contribution in [0.2, 0.25) is 0 Å². The van der Waals surface area contributed by atoms with Crippen molar-refractivity contribution in [2.24, 2.45) is 0 Å². The monoisotopic (exact) mass is 231 g/mol. The molecule has 4 nitrogen and oxygen atoms in total. The van der Waals surface area contributed by atoms with Gasteiger partial charge in [0.25, 0.3) is 0 Å². The minimum Gasteiger partial charge on any atom is -0.382 e. The van der Waals surface area contributed by atoms with Gasteiger partial charge in [-0.05, 0) is 13.3 Å². The molecule has 0 amide bonds. The van der Waals surface area contributed by atoms with E-state index >= 15 is 0 Å². The van der Waals surface area contributed by atoms with Crippen LogP contribution in [0.3, 0.4) is 0 Å². The maximum absolute atomic E-state index is 10.3. The molecule has 0 aromatic heterocycles. The van der Waals surface area contributed by atoms with Crippen LogP contribution in [0, 0.1) is 0 Å². The summed E-state index contributed by atoms with van der Waals surface area (Å²) in [6.07, 6.45) is 0.232. The second kappa shape index (κ2) is 6.18. The van der Waals surface area contributed by atoms with Crippen molar-refractivity contribution in [3.05, 3.63) is 0 Å². The quantitative estimate of drug-likeness (QED) is 0.549. The third-order valence-corrected chi connectivity index (χ3v) is 2.07. The molecule has 0 aliphatic heterocycles. The standard InChI is InChI=1S/C5H13O4P.Cu/c1-5(9-2)3-4-10(6,7)8;/h5H,3-4H2,1-2H3,(H2,6,7,8);. The fraction of sp³-hybridized carbons (Fsp3) is 1.00. The molecular weight excluding hydrogens is 219 g/mol. The van der Waals surface area contributed by atoms with Crippen LogP contribution in [0.15, 0.2) is 0 Å². The Bertz CT molecular complexity index is 134. The molecule has 0 heterocycles. The van der Waals surface area contributed by atoms with E-state index in [1.54, 1.807) is 6.92 Å². The Kier molecular flexibility index (Phi) is 7.96. The molecule has 0 aliphatic carbocycles. The summed E-state index contributed by atoms with van der Waals surface area (Å²) < 4.78 is 15.1. The number of methoxy groups -OCH3 is 1. The van der Waals surface area contributed by atoms with Gasteiger partial charge in [-0.3, -0.25) is 4.57 Å². The summed E-state index contributed by atoms with van der Waals surface area (Å²) in [5.41, 5.74) is 0. The van der Waals surface area contributed by atoms with Crippen molar-refractivity contribution < 1.29 is 36.2 Å². The topological polar surface area (TPSA) is 66.8 Å². The Morgan fingerprint density at radius 1 is 1.55 bits per heavy atom. The predicted octanol–water partition coefficient (Wildman–Crippen LogP) is 0.587. The van der Waals surface area contributed by atoms with E-state index in [4.69, 9.17) is 14.5 Å². The van der Waals surface area contributed by atoms with Crippen molar-refractivity contribution in [1.82, 2.24) is 0 Å². The molecule has 0 spiro atoms. The summed E-state index contributed by atoms with van der Waals surface area (Å²) in [6, 6.07) is 0. The van der Waals surface area contributed by atoms with Gasteiger partial charge in [0.1, 0.15) is 0 Å². The Morgan fingerprint density at radius 3 is 2.27 bits per heavy atom. The number of rotatable bonds is 4. The summed E-state index contributed by atoms with van der Waals surface area (Å²) in [6.45, 7) is 1.77. The summed E-state index contributed by atoms with van der Waals surface area (Å²) in [4.78, 5) is 16.8. The zero-order valence-corrected chi connectivity index (χ0v) is 8.29. The summed E-state index contributed by atoms with van der Waals surface area (Å²) >= 11 is 0. The SMILES string of the molecule is COC(C)CCP(=O)(O)O.[Cu]. The van der Waals surface area contributed by atoms with E-state index < -0.39 is 7.60 Å². The molecule has 0 saturated carbocycles. The van der Waals surface area contributed by atoms with Crippen LogP contribution in [-0.4, -0.2) is 29.2 Å². The molecule has 0 rings (SSSR count). The third-order valence-electron chi connectivity index (χ3n) is 1.23. The van der Waals surface area contributed by atoms with E-state index in [9.17, 15) is 4.57 Å². The van der Waals surface area contributed by atoms with Crippen LogP contribution in [0.1, 0.15) is 13.3 Å². The molecule has 0 aliphatic rings. The molecule has 0 bridgehead atoms. The Balaban J connectivity index is 0. The first-order valence-corrected chi connectivity index (χ1v) is 4.83. The number of hydrogen-bond acceptors (Lipinski definition) is 2. The predicted molar refractivity (Wildman–Crippen MR) is 38.0 cm³/mol. The van der Waals surface area contributed by atoms with Crippen LogP contribution in [0.5, 0.6) is 0 Å². The van der Waals surface area contributed by atoms with Gasteiger partial charge in [-0.25, -0.2) is 0 Å². The largest absolute Gasteiger partial charge is 0.382 e. The average Bonchev–Trinajstić information content (AvgIpc) is 1.81. The molecule has 1 unspecified atom stereocenters. The third kappa shape index (κ3) is 10.6. The van der Waals surface area contributed by atoms with Crippen LogP contribution >= 0.6 is 7.60 Å². The van der Waals surface area contributed by atoms with Gasteiger partial charge in [-0.15, -0.1) is 0 Å². The second-order valence-electron chi connectivity index (χ2n) is 2.22. The van der Waals surface area contributed by atoms with E-state index in [1.807, 2.05) is 0 Å². The fourth-order valence-electron chi connectivity index (χ4n) is 0.468. The average molecular weight is 232 g/mol. The van der Waals surface area contributed by atoms with E-state index in [0.29, 0.717) is 6.42 Å². The van der Waals surface area contributed by atoms with Gasteiger partial charge >= 0.3 is 7.60 Å². The molecule has 1 radical (unpaired) electrons. The van der Waals surface area contributed by atoms with Crippen LogP contribution in [-0.2, 0) is 26.4 Å². The van der Waals surface area contributed by atoms with Crippen molar-refractivity contribution in [2.75, 3.05) is 13.3 Å². The van der Waals surface area contributed by atoms with Crippen molar-refractivity contribution in [3.8, 4) is 0 Å². The molecule has 0 saturated heterocycles. The molecule has 0 aromatic rings. The first-order chi connectivity index (χ1) is 4.45. The minimum atomic E-state index is -3.81. The van der Waals surface area contributed by atoms with Crippen LogP contribution in [0.25, 0.3) is 0 Å². The summed E-state index contributed by atoms with van der Waals surface area (Å²) in [7, 11) is -2.29. The van der Waals surface area contributed by atoms with Gasteiger partial charge in [0.15, 0.2) is 0 Å². The van der Waals surface area contributed by atoms with Crippen molar-refractivity contribution in [3.63, 3.8) is 0 Å². The Labute approximate surface area is 77.0 Å². The minimum absolute atomic E-state index is 0. The zero-order chi connectivity index (χ0) is 8.20. The summed E-state index contributed by atoms with van der Waals surface area (Å²) in [5.74, 6) is 0. The molecule has 0 fully saturated rings. The molecular formula is C5H13CuO4P. The fourth-order valence-corrected chi connectivity index (χ4v) is 1.17. The van der Waals surface area contributed by atoms with Crippen LogP contribution < -0.4 is 0 Å². The summed E-state index contributed by atoms with van der Waals surface area (Å²) in [5, 5.41) is 0. The number of hydrogen-bond donors (Lipinski definition) is 2. The molecule has 73 valence electrons. The van der Waals surface area contributed by atoms with Gasteiger partial charge in [0.05, 0.1) is 12.3 Å². The Morgan fingerprint density at radius 2 is 2.00 bits per heavy atom. The van der Waals surface area contributed by atoms with Crippen LogP contribution in [0.4, 0.5) is 0 Å². The first kappa shape index (κ1) is 14.2. The van der Waals surface area contributed by atoms with E-state index in [-0.39, 0.29) is 29.3 Å².